The normalized spacial score (nSPS) is 15.5. The van der Waals surface area contributed by atoms with Crippen LogP contribution in [0.2, 0.25) is 0 Å². The first kappa shape index (κ1) is 25.2. The quantitative estimate of drug-likeness (QED) is 0.644. The summed E-state index contributed by atoms with van der Waals surface area (Å²) in [5.41, 5.74) is -0.654. The lowest BCUT2D eigenvalue weighted by atomic mass is 10.1. The first-order valence-corrected chi connectivity index (χ1v) is 11.0. The molecule has 1 saturated heterocycles. The van der Waals surface area contributed by atoms with Gasteiger partial charge < -0.3 is 15.5 Å². The molecule has 34 heavy (non-hydrogen) atoms. The van der Waals surface area contributed by atoms with E-state index in [2.05, 4.69) is 10.6 Å². The van der Waals surface area contributed by atoms with Gasteiger partial charge >= 0.3 is 6.18 Å². The zero-order valence-corrected chi connectivity index (χ0v) is 18.8. The number of rotatable bonds is 7. The fourth-order valence-corrected chi connectivity index (χ4v) is 3.73. The number of hydrogen-bond acceptors (Lipinski definition) is 4. The Balaban J connectivity index is 1.43. The van der Waals surface area contributed by atoms with Gasteiger partial charge in [-0.25, -0.2) is 0 Å². The van der Waals surface area contributed by atoms with Crippen LogP contribution in [-0.4, -0.2) is 66.3 Å². The summed E-state index contributed by atoms with van der Waals surface area (Å²) in [7, 11) is 0. The highest BCUT2D eigenvalue weighted by atomic mass is 19.4. The van der Waals surface area contributed by atoms with E-state index < -0.39 is 17.6 Å². The molecule has 0 aliphatic carbocycles. The zero-order chi connectivity index (χ0) is 24.7. The van der Waals surface area contributed by atoms with Crippen molar-refractivity contribution in [1.82, 2.24) is 15.1 Å². The minimum absolute atomic E-state index is 0.0717. The highest BCUT2D eigenvalue weighted by Crippen LogP contribution is 2.34. The van der Waals surface area contributed by atoms with Crippen molar-refractivity contribution < 1.29 is 27.6 Å². The van der Waals surface area contributed by atoms with E-state index in [1.165, 1.54) is 18.2 Å². The lowest BCUT2D eigenvalue weighted by Gasteiger charge is -2.35. The van der Waals surface area contributed by atoms with E-state index in [0.717, 1.165) is 6.07 Å². The first-order valence-electron chi connectivity index (χ1n) is 11.0. The van der Waals surface area contributed by atoms with Crippen LogP contribution in [-0.2, 0) is 15.8 Å². The second-order valence-electron chi connectivity index (χ2n) is 8.19. The molecule has 0 aromatic heterocycles. The number of benzene rings is 2. The Morgan fingerprint density at radius 1 is 0.941 bits per heavy atom. The van der Waals surface area contributed by atoms with Gasteiger partial charge in [-0.3, -0.25) is 19.3 Å². The summed E-state index contributed by atoms with van der Waals surface area (Å²) in [5, 5.41) is 5.14. The van der Waals surface area contributed by atoms with Gasteiger partial charge in [0.15, 0.2) is 0 Å². The van der Waals surface area contributed by atoms with Crippen molar-refractivity contribution in [2.75, 3.05) is 38.0 Å². The maximum atomic E-state index is 13.1. The Morgan fingerprint density at radius 3 is 2.21 bits per heavy atom. The Kier molecular flexibility index (Phi) is 8.27. The zero-order valence-electron chi connectivity index (χ0n) is 18.8. The number of alkyl halides is 3. The Morgan fingerprint density at radius 2 is 1.56 bits per heavy atom. The van der Waals surface area contributed by atoms with Gasteiger partial charge in [0.25, 0.3) is 5.91 Å². The number of anilines is 1. The SMILES string of the molecule is CC(CC(=O)N1CCN(CC(=O)Nc2ccccc2C(F)(F)F)CC1)NC(=O)c1ccccc1. The molecule has 0 saturated carbocycles. The second kappa shape index (κ2) is 11.1. The number of carbonyl (C=O) groups excluding carboxylic acids is 3. The molecule has 7 nitrogen and oxygen atoms in total. The van der Waals surface area contributed by atoms with E-state index in [0.29, 0.717) is 31.7 Å². The molecule has 10 heteroatoms. The molecule has 0 bridgehead atoms. The second-order valence-corrected chi connectivity index (χ2v) is 8.19. The summed E-state index contributed by atoms with van der Waals surface area (Å²) in [4.78, 5) is 40.6. The van der Waals surface area contributed by atoms with Crippen molar-refractivity contribution in [2.24, 2.45) is 0 Å². The maximum Gasteiger partial charge on any atom is 0.418 e. The Bertz CT molecular complexity index is 1010. The van der Waals surface area contributed by atoms with Crippen LogP contribution < -0.4 is 10.6 Å². The van der Waals surface area contributed by atoms with E-state index in [-0.39, 0.29) is 36.5 Å². The number of nitrogens with one attached hydrogen (secondary N) is 2. The number of nitrogens with zero attached hydrogens (tertiary/aromatic N) is 2. The molecule has 2 aromatic rings. The van der Waals surface area contributed by atoms with E-state index >= 15 is 0 Å². The molecule has 1 aliphatic heterocycles. The third kappa shape index (κ3) is 7.05. The maximum absolute atomic E-state index is 13.1. The summed E-state index contributed by atoms with van der Waals surface area (Å²) in [6.07, 6.45) is -4.42. The van der Waals surface area contributed by atoms with Crippen molar-refractivity contribution in [2.45, 2.75) is 25.6 Å². The minimum atomic E-state index is -4.56. The molecular formula is C24H27F3N4O3. The van der Waals surface area contributed by atoms with Gasteiger partial charge in [0.1, 0.15) is 0 Å². The van der Waals surface area contributed by atoms with E-state index in [4.69, 9.17) is 0 Å². The van der Waals surface area contributed by atoms with Crippen molar-refractivity contribution in [3.8, 4) is 0 Å². The third-order valence-corrected chi connectivity index (χ3v) is 5.49. The van der Waals surface area contributed by atoms with Crippen LogP contribution in [0, 0.1) is 0 Å². The number of hydrogen-bond donors (Lipinski definition) is 2. The summed E-state index contributed by atoms with van der Waals surface area (Å²) < 4.78 is 39.3. The van der Waals surface area contributed by atoms with Crippen molar-refractivity contribution in [1.29, 1.82) is 0 Å². The lowest BCUT2D eigenvalue weighted by Crippen LogP contribution is -2.51. The van der Waals surface area contributed by atoms with Gasteiger partial charge in [0, 0.05) is 44.2 Å². The molecule has 0 radical (unpaired) electrons. The molecule has 1 atom stereocenters. The van der Waals surface area contributed by atoms with Gasteiger partial charge in [-0.05, 0) is 31.2 Å². The first-order chi connectivity index (χ1) is 16.1. The fraction of sp³-hybridized carbons (Fsp3) is 0.375. The average molecular weight is 476 g/mol. The van der Waals surface area contributed by atoms with Crippen LogP contribution in [0.5, 0.6) is 0 Å². The minimum Gasteiger partial charge on any atom is -0.349 e. The van der Waals surface area contributed by atoms with Crippen LogP contribution in [0.25, 0.3) is 0 Å². The van der Waals surface area contributed by atoms with Crippen molar-refractivity contribution in [3.63, 3.8) is 0 Å². The predicted octanol–water partition coefficient (Wildman–Crippen LogP) is 3.00. The molecule has 1 heterocycles. The highest BCUT2D eigenvalue weighted by Gasteiger charge is 2.33. The smallest absolute Gasteiger partial charge is 0.349 e. The standard InChI is InChI=1S/C24H27F3N4O3/c1-17(28-23(34)18-7-3-2-4-8-18)15-22(33)31-13-11-30(12-14-31)16-21(32)29-20-10-6-5-9-19(20)24(25,26)27/h2-10,17H,11-16H2,1H3,(H,28,34)(H,29,32). The van der Waals surface area contributed by atoms with E-state index in [1.54, 1.807) is 41.0 Å². The predicted molar refractivity (Wildman–Crippen MR) is 121 cm³/mol. The summed E-state index contributed by atoms with van der Waals surface area (Å²) >= 11 is 0. The van der Waals surface area contributed by atoms with Crippen LogP contribution >= 0.6 is 0 Å². The molecule has 3 amide bonds. The summed E-state index contributed by atoms with van der Waals surface area (Å²) in [6.45, 7) is 3.32. The molecule has 1 fully saturated rings. The van der Waals surface area contributed by atoms with Gasteiger partial charge in [-0.15, -0.1) is 0 Å². The lowest BCUT2D eigenvalue weighted by molar-refractivity contribution is -0.137. The molecule has 1 aliphatic rings. The third-order valence-electron chi connectivity index (χ3n) is 5.49. The number of piperazine rings is 1. The van der Waals surface area contributed by atoms with Gasteiger partial charge in [-0.1, -0.05) is 30.3 Å². The van der Waals surface area contributed by atoms with Crippen LogP contribution in [0.15, 0.2) is 54.6 Å². The van der Waals surface area contributed by atoms with Gasteiger partial charge in [0.05, 0.1) is 17.8 Å². The number of halogens is 3. The van der Waals surface area contributed by atoms with E-state index in [1.807, 2.05) is 6.07 Å². The number of para-hydroxylation sites is 1. The highest BCUT2D eigenvalue weighted by molar-refractivity contribution is 5.94. The van der Waals surface area contributed by atoms with Crippen LogP contribution in [0.3, 0.4) is 0 Å². The molecule has 2 N–H and O–H groups in total. The molecular weight excluding hydrogens is 449 g/mol. The average Bonchev–Trinajstić information content (AvgIpc) is 2.79. The molecule has 3 rings (SSSR count). The summed E-state index contributed by atoms with van der Waals surface area (Å²) in [5.74, 6) is -0.901. The number of amides is 3. The van der Waals surface area contributed by atoms with Crippen LogP contribution in [0.1, 0.15) is 29.3 Å². The summed E-state index contributed by atoms with van der Waals surface area (Å²) in [6, 6.07) is 13.2. The molecule has 2 aromatic carbocycles. The van der Waals surface area contributed by atoms with Crippen LogP contribution in [0.4, 0.5) is 18.9 Å². The molecule has 0 spiro atoms. The topological polar surface area (TPSA) is 81.8 Å². The van der Waals surface area contributed by atoms with Gasteiger partial charge in [0.2, 0.25) is 11.8 Å². The monoisotopic (exact) mass is 476 g/mol. The Labute approximate surface area is 195 Å². The van der Waals surface area contributed by atoms with Crippen molar-refractivity contribution >= 4 is 23.4 Å². The Hall–Kier alpha value is -3.40. The van der Waals surface area contributed by atoms with Crippen molar-refractivity contribution in [3.05, 3.63) is 65.7 Å². The number of carbonyl (C=O) groups is 3. The molecule has 182 valence electrons. The van der Waals surface area contributed by atoms with E-state index in [9.17, 15) is 27.6 Å². The van der Waals surface area contributed by atoms with Gasteiger partial charge in [-0.2, -0.15) is 13.2 Å². The fourth-order valence-electron chi connectivity index (χ4n) is 3.73. The molecule has 1 unspecified atom stereocenters. The largest absolute Gasteiger partial charge is 0.418 e.